The Morgan fingerprint density at radius 3 is 2.62 bits per heavy atom. The standard InChI is InChI=1S/C23H23N3O5S/c1-30-17-9-10-19(31-2)16(14-17)8-11-21(27)25-12-5-13-26(25)22(28)15-24-18-6-3-4-7-20(18)32-23(24)29/h3-4,6-11,14H,5,12-13,15H2,1-2H3/b11-8+. The number of rotatable bonds is 6. The maximum Gasteiger partial charge on any atom is 0.308 e. The van der Waals surface area contributed by atoms with Crippen LogP contribution in [0, 0.1) is 0 Å². The number of fused-ring (bicyclic) bond motifs is 1. The smallest absolute Gasteiger partial charge is 0.308 e. The van der Waals surface area contributed by atoms with Crippen molar-refractivity contribution >= 4 is 39.4 Å². The summed E-state index contributed by atoms with van der Waals surface area (Å²) >= 11 is 1.11. The largest absolute Gasteiger partial charge is 0.497 e. The Bertz CT molecular complexity index is 1250. The number of hydrogen-bond acceptors (Lipinski definition) is 6. The molecule has 0 aliphatic carbocycles. The highest BCUT2D eigenvalue weighted by Gasteiger charge is 2.30. The molecule has 32 heavy (non-hydrogen) atoms. The summed E-state index contributed by atoms with van der Waals surface area (Å²) in [5, 5.41) is 2.85. The van der Waals surface area contributed by atoms with E-state index in [1.54, 1.807) is 38.5 Å². The molecule has 0 spiro atoms. The van der Waals surface area contributed by atoms with Gasteiger partial charge in [0.15, 0.2) is 0 Å². The zero-order valence-electron chi connectivity index (χ0n) is 17.8. The van der Waals surface area contributed by atoms with Gasteiger partial charge >= 0.3 is 4.87 Å². The predicted molar refractivity (Wildman–Crippen MR) is 123 cm³/mol. The fourth-order valence-corrected chi connectivity index (χ4v) is 4.59. The third kappa shape index (κ3) is 4.24. The number of aromatic nitrogens is 1. The molecule has 8 nitrogen and oxygen atoms in total. The Morgan fingerprint density at radius 1 is 1.06 bits per heavy atom. The molecule has 9 heteroatoms. The summed E-state index contributed by atoms with van der Waals surface area (Å²) in [7, 11) is 3.12. The van der Waals surface area contributed by atoms with E-state index in [-0.39, 0.29) is 23.2 Å². The number of nitrogens with zero attached hydrogens (tertiary/aromatic N) is 3. The van der Waals surface area contributed by atoms with Crippen LogP contribution in [0.1, 0.15) is 12.0 Å². The van der Waals surface area contributed by atoms with E-state index < -0.39 is 0 Å². The van der Waals surface area contributed by atoms with Gasteiger partial charge in [-0.25, -0.2) is 10.0 Å². The number of methoxy groups -OCH3 is 2. The lowest BCUT2D eigenvalue weighted by Gasteiger charge is -2.27. The fraction of sp³-hybridized carbons (Fsp3) is 0.261. The molecule has 2 heterocycles. The molecule has 0 atom stereocenters. The van der Waals surface area contributed by atoms with Crippen molar-refractivity contribution in [3.63, 3.8) is 0 Å². The molecule has 2 aromatic carbocycles. The summed E-state index contributed by atoms with van der Waals surface area (Å²) in [5.74, 6) is 0.634. The van der Waals surface area contributed by atoms with Crippen molar-refractivity contribution in [2.45, 2.75) is 13.0 Å². The predicted octanol–water partition coefficient (Wildman–Crippen LogP) is 2.77. The van der Waals surface area contributed by atoms with E-state index in [9.17, 15) is 14.4 Å². The van der Waals surface area contributed by atoms with Crippen LogP contribution in [0.5, 0.6) is 11.5 Å². The number of thiazole rings is 1. The average molecular weight is 454 g/mol. The second kappa shape index (κ2) is 9.27. The van der Waals surface area contributed by atoms with Crippen LogP contribution in [0.2, 0.25) is 0 Å². The molecule has 4 rings (SSSR count). The van der Waals surface area contributed by atoms with Gasteiger partial charge in [0.05, 0.1) is 24.4 Å². The number of hydrogen-bond donors (Lipinski definition) is 0. The van der Waals surface area contributed by atoms with E-state index in [1.807, 2.05) is 24.3 Å². The first kappa shape index (κ1) is 21.6. The van der Waals surface area contributed by atoms with Gasteiger partial charge in [0.2, 0.25) is 0 Å². The highest BCUT2D eigenvalue weighted by molar-refractivity contribution is 7.16. The number of hydrazine groups is 1. The number of amides is 2. The topological polar surface area (TPSA) is 81.1 Å². The van der Waals surface area contributed by atoms with Crippen molar-refractivity contribution in [3.8, 4) is 11.5 Å². The van der Waals surface area contributed by atoms with Crippen molar-refractivity contribution in [2.75, 3.05) is 27.3 Å². The van der Waals surface area contributed by atoms with E-state index in [2.05, 4.69) is 0 Å². The van der Waals surface area contributed by atoms with Crippen LogP contribution in [0.25, 0.3) is 16.3 Å². The number of benzene rings is 2. The molecule has 0 radical (unpaired) electrons. The number of para-hydroxylation sites is 1. The molecule has 1 aliphatic rings. The van der Waals surface area contributed by atoms with Gasteiger partial charge in [-0.1, -0.05) is 23.5 Å². The van der Waals surface area contributed by atoms with Gasteiger partial charge < -0.3 is 9.47 Å². The quantitative estimate of drug-likeness (QED) is 0.536. The molecule has 0 bridgehead atoms. The molecule has 1 fully saturated rings. The van der Waals surface area contributed by atoms with Gasteiger partial charge in [-0.15, -0.1) is 0 Å². The molecule has 0 unspecified atom stereocenters. The summed E-state index contributed by atoms with van der Waals surface area (Å²) in [6.45, 7) is 0.751. The molecule has 166 valence electrons. The Morgan fingerprint density at radius 2 is 1.84 bits per heavy atom. The van der Waals surface area contributed by atoms with Crippen molar-refractivity contribution in [2.24, 2.45) is 0 Å². The first-order valence-corrected chi connectivity index (χ1v) is 10.9. The van der Waals surface area contributed by atoms with Crippen LogP contribution in [0.3, 0.4) is 0 Å². The third-order valence-corrected chi connectivity index (χ3v) is 6.24. The van der Waals surface area contributed by atoms with Gasteiger partial charge in [-0.2, -0.15) is 0 Å². The first-order chi connectivity index (χ1) is 15.5. The summed E-state index contributed by atoms with van der Waals surface area (Å²) < 4.78 is 12.9. The van der Waals surface area contributed by atoms with E-state index in [4.69, 9.17) is 9.47 Å². The van der Waals surface area contributed by atoms with Gasteiger partial charge in [0.1, 0.15) is 18.0 Å². The van der Waals surface area contributed by atoms with E-state index in [0.29, 0.717) is 36.6 Å². The number of carbonyl (C=O) groups is 2. The number of carbonyl (C=O) groups excluding carboxylic acids is 2. The van der Waals surface area contributed by atoms with Crippen molar-refractivity contribution in [1.29, 1.82) is 0 Å². The second-order valence-corrected chi connectivity index (χ2v) is 8.19. The summed E-state index contributed by atoms with van der Waals surface area (Å²) in [6.07, 6.45) is 3.73. The highest BCUT2D eigenvalue weighted by Crippen LogP contribution is 2.25. The van der Waals surface area contributed by atoms with Gasteiger partial charge in [-0.3, -0.25) is 19.0 Å². The van der Waals surface area contributed by atoms with Crippen LogP contribution >= 0.6 is 11.3 Å². The zero-order chi connectivity index (χ0) is 22.7. The van der Waals surface area contributed by atoms with Crippen LogP contribution in [0.15, 0.2) is 53.3 Å². The SMILES string of the molecule is COc1ccc(OC)c(/C=C/C(=O)N2CCCN2C(=O)Cn2c(=O)sc3ccccc32)c1. The molecular weight excluding hydrogens is 430 g/mol. The summed E-state index contributed by atoms with van der Waals surface area (Å²) in [5.41, 5.74) is 1.41. The van der Waals surface area contributed by atoms with Gasteiger partial charge in [0, 0.05) is 24.7 Å². The normalized spacial score (nSPS) is 13.8. The second-order valence-electron chi connectivity index (χ2n) is 7.19. The lowest BCUT2D eigenvalue weighted by Crippen LogP contribution is -2.46. The van der Waals surface area contributed by atoms with Crippen molar-refractivity contribution in [1.82, 2.24) is 14.6 Å². The highest BCUT2D eigenvalue weighted by atomic mass is 32.1. The minimum atomic E-state index is -0.316. The molecule has 2 amide bonds. The molecule has 1 saturated heterocycles. The minimum absolute atomic E-state index is 0.111. The first-order valence-electron chi connectivity index (χ1n) is 10.1. The van der Waals surface area contributed by atoms with Gasteiger partial charge in [0.25, 0.3) is 11.8 Å². The Kier molecular flexibility index (Phi) is 6.27. The fourth-order valence-electron chi connectivity index (χ4n) is 3.70. The Hall–Kier alpha value is -3.59. The maximum absolute atomic E-state index is 13.0. The molecule has 1 aliphatic heterocycles. The Labute approximate surface area is 188 Å². The van der Waals surface area contributed by atoms with Gasteiger partial charge in [-0.05, 0) is 42.8 Å². The monoisotopic (exact) mass is 453 g/mol. The van der Waals surface area contributed by atoms with Crippen LogP contribution in [-0.2, 0) is 16.1 Å². The molecule has 3 aromatic rings. The van der Waals surface area contributed by atoms with Crippen molar-refractivity contribution < 1.29 is 19.1 Å². The van der Waals surface area contributed by atoms with Crippen molar-refractivity contribution in [3.05, 3.63) is 63.8 Å². The molecule has 0 saturated carbocycles. The van der Waals surface area contributed by atoms with E-state index in [0.717, 1.165) is 21.6 Å². The Balaban J connectivity index is 1.51. The lowest BCUT2D eigenvalue weighted by atomic mass is 10.1. The van der Waals surface area contributed by atoms with Crippen LogP contribution < -0.4 is 14.3 Å². The van der Waals surface area contributed by atoms with Crippen LogP contribution in [-0.4, -0.2) is 53.7 Å². The minimum Gasteiger partial charge on any atom is -0.497 e. The third-order valence-electron chi connectivity index (χ3n) is 5.28. The average Bonchev–Trinajstić information content (AvgIpc) is 3.42. The van der Waals surface area contributed by atoms with E-state index in [1.165, 1.54) is 20.7 Å². The summed E-state index contributed by atoms with van der Waals surface area (Å²) in [6, 6.07) is 12.7. The number of ether oxygens (including phenoxy) is 2. The molecule has 1 aromatic heterocycles. The molecular formula is C23H23N3O5S. The lowest BCUT2D eigenvalue weighted by molar-refractivity contribution is -0.155. The molecule has 0 N–H and O–H groups in total. The summed E-state index contributed by atoms with van der Waals surface area (Å²) in [4.78, 5) is 38.1. The van der Waals surface area contributed by atoms with Crippen LogP contribution in [0.4, 0.5) is 0 Å². The van der Waals surface area contributed by atoms with E-state index >= 15 is 0 Å². The zero-order valence-corrected chi connectivity index (χ0v) is 18.6. The maximum atomic E-state index is 13.0.